The molecule has 1 heterocycles. The third-order valence-electron chi connectivity index (χ3n) is 2.79. The summed E-state index contributed by atoms with van der Waals surface area (Å²) in [5, 5.41) is 0.608. The Balaban J connectivity index is 2.27. The SMILES string of the molecule is Nc1cc(Cl)c(Cl)c(C(=O)N2CCCSCC2)c1. The number of benzene rings is 1. The molecule has 18 heavy (non-hydrogen) atoms. The van der Waals surface area contributed by atoms with Gasteiger partial charge in [-0.1, -0.05) is 23.2 Å². The predicted molar refractivity (Wildman–Crippen MR) is 78.7 cm³/mol. The Hall–Kier alpha value is -0.580. The van der Waals surface area contributed by atoms with Gasteiger partial charge >= 0.3 is 0 Å². The van der Waals surface area contributed by atoms with E-state index in [4.69, 9.17) is 28.9 Å². The fourth-order valence-corrected chi connectivity index (χ4v) is 3.19. The van der Waals surface area contributed by atoms with Crippen LogP contribution in [0.2, 0.25) is 10.0 Å². The van der Waals surface area contributed by atoms with Crippen molar-refractivity contribution < 1.29 is 4.79 Å². The van der Waals surface area contributed by atoms with Crippen LogP contribution in [0.15, 0.2) is 12.1 Å². The van der Waals surface area contributed by atoms with Gasteiger partial charge in [0.1, 0.15) is 0 Å². The summed E-state index contributed by atoms with van der Waals surface area (Å²) in [6.45, 7) is 1.50. The van der Waals surface area contributed by atoms with Crippen LogP contribution in [0.5, 0.6) is 0 Å². The largest absolute Gasteiger partial charge is 0.399 e. The van der Waals surface area contributed by atoms with Crippen LogP contribution in [-0.4, -0.2) is 35.4 Å². The van der Waals surface area contributed by atoms with Crippen LogP contribution in [0, 0.1) is 0 Å². The van der Waals surface area contributed by atoms with Crippen molar-refractivity contribution in [2.24, 2.45) is 0 Å². The number of nitrogens with zero attached hydrogens (tertiary/aromatic N) is 1. The maximum atomic E-state index is 12.4. The van der Waals surface area contributed by atoms with Gasteiger partial charge in [-0.25, -0.2) is 0 Å². The van der Waals surface area contributed by atoms with Crippen LogP contribution in [0.3, 0.4) is 0 Å². The first-order valence-corrected chi connectivity index (χ1v) is 7.62. The first kappa shape index (κ1) is 13.8. The van der Waals surface area contributed by atoms with E-state index in [0.29, 0.717) is 16.3 Å². The van der Waals surface area contributed by atoms with Gasteiger partial charge in [-0.05, 0) is 24.3 Å². The summed E-state index contributed by atoms with van der Waals surface area (Å²) in [5.74, 6) is 1.96. The number of nitrogen functional groups attached to an aromatic ring is 1. The lowest BCUT2D eigenvalue weighted by Gasteiger charge is -2.21. The molecular formula is C12H14Cl2N2OS. The van der Waals surface area contributed by atoms with Gasteiger partial charge in [0.05, 0.1) is 15.6 Å². The lowest BCUT2D eigenvalue weighted by molar-refractivity contribution is 0.0769. The number of hydrogen-bond donors (Lipinski definition) is 1. The molecule has 0 saturated carbocycles. The van der Waals surface area contributed by atoms with Gasteiger partial charge in [0.2, 0.25) is 0 Å². The van der Waals surface area contributed by atoms with E-state index in [2.05, 4.69) is 0 Å². The molecule has 1 aromatic rings. The van der Waals surface area contributed by atoms with Crippen molar-refractivity contribution in [3.8, 4) is 0 Å². The quantitative estimate of drug-likeness (QED) is 0.811. The van der Waals surface area contributed by atoms with E-state index < -0.39 is 0 Å². The number of halogens is 2. The molecule has 0 aliphatic carbocycles. The Morgan fingerprint density at radius 1 is 1.28 bits per heavy atom. The zero-order valence-electron chi connectivity index (χ0n) is 9.79. The topological polar surface area (TPSA) is 46.3 Å². The molecule has 0 aromatic heterocycles. The number of thioether (sulfide) groups is 1. The molecule has 0 atom stereocenters. The molecule has 0 bridgehead atoms. The normalized spacial score (nSPS) is 16.4. The van der Waals surface area contributed by atoms with E-state index in [1.165, 1.54) is 0 Å². The molecule has 1 aromatic carbocycles. The highest BCUT2D eigenvalue weighted by molar-refractivity contribution is 7.99. The summed E-state index contributed by atoms with van der Waals surface area (Å²) < 4.78 is 0. The zero-order chi connectivity index (χ0) is 13.1. The van der Waals surface area contributed by atoms with Crippen LogP contribution in [0.4, 0.5) is 5.69 Å². The first-order chi connectivity index (χ1) is 8.59. The average molecular weight is 305 g/mol. The van der Waals surface area contributed by atoms with Gasteiger partial charge < -0.3 is 10.6 Å². The van der Waals surface area contributed by atoms with Crippen molar-refractivity contribution in [2.75, 3.05) is 30.3 Å². The smallest absolute Gasteiger partial charge is 0.255 e. The van der Waals surface area contributed by atoms with Crippen molar-refractivity contribution >= 4 is 46.6 Å². The minimum absolute atomic E-state index is 0.0864. The Bertz CT molecular complexity index is 460. The van der Waals surface area contributed by atoms with Crippen LogP contribution in [0.1, 0.15) is 16.8 Å². The number of carbonyl (C=O) groups excluding carboxylic acids is 1. The van der Waals surface area contributed by atoms with E-state index in [1.54, 1.807) is 12.1 Å². The predicted octanol–water partition coefficient (Wildman–Crippen LogP) is 3.15. The van der Waals surface area contributed by atoms with E-state index in [9.17, 15) is 4.79 Å². The number of nitrogens with two attached hydrogens (primary N) is 1. The van der Waals surface area contributed by atoms with Gasteiger partial charge in [0.15, 0.2) is 0 Å². The molecule has 1 amide bonds. The molecular weight excluding hydrogens is 291 g/mol. The van der Waals surface area contributed by atoms with E-state index in [-0.39, 0.29) is 10.9 Å². The molecule has 0 spiro atoms. The van der Waals surface area contributed by atoms with Gasteiger partial charge in [-0.2, -0.15) is 11.8 Å². The summed E-state index contributed by atoms with van der Waals surface area (Å²) >= 11 is 13.9. The molecule has 98 valence electrons. The third kappa shape index (κ3) is 3.05. The van der Waals surface area contributed by atoms with Crippen molar-refractivity contribution in [3.63, 3.8) is 0 Å². The van der Waals surface area contributed by atoms with Crippen LogP contribution < -0.4 is 5.73 Å². The summed E-state index contributed by atoms with van der Waals surface area (Å²) in [6, 6.07) is 3.15. The molecule has 1 fully saturated rings. The molecule has 0 unspecified atom stereocenters. The molecule has 3 nitrogen and oxygen atoms in total. The van der Waals surface area contributed by atoms with Crippen LogP contribution in [0.25, 0.3) is 0 Å². The van der Waals surface area contributed by atoms with Crippen LogP contribution >= 0.6 is 35.0 Å². The number of anilines is 1. The van der Waals surface area contributed by atoms with E-state index in [0.717, 1.165) is 31.0 Å². The lowest BCUT2D eigenvalue weighted by atomic mass is 10.1. The van der Waals surface area contributed by atoms with Gasteiger partial charge in [0.25, 0.3) is 5.91 Å². The molecule has 1 aliphatic heterocycles. The minimum atomic E-state index is -0.0864. The molecule has 6 heteroatoms. The molecule has 2 N–H and O–H groups in total. The fourth-order valence-electron chi connectivity index (χ4n) is 1.89. The third-order valence-corrected chi connectivity index (χ3v) is 4.64. The summed E-state index contributed by atoms with van der Waals surface area (Å²) in [5.41, 5.74) is 6.56. The molecule has 1 aliphatic rings. The molecule has 2 rings (SSSR count). The highest BCUT2D eigenvalue weighted by Gasteiger charge is 2.21. The lowest BCUT2D eigenvalue weighted by Crippen LogP contribution is -2.33. The van der Waals surface area contributed by atoms with Gasteiger partial charge in [0, 0.05) is 24.5 Å². The Labute approximate surface area is 121 Å². The Morgan fingerprint density at radius 3 is 2.83 bits per heavy atom. The Kier molecular flexibility index (Phi) is 4.65. The summed E-state index contributed by atoms with van der Waals surface area (Å²) in [4.78, 5) is 14.2. The number of hydrogen-bond acceptors (Lipinski definition) is 3. The second kappa shape index (κ2) is 6.04. The second-order valence-electron chi connectivity index (χ2n) is 4.12. The van der Waals surface area contributed by atoms with E-state index in [1.807, 2.05) is 16.7 Å². The minimum Gasteiger partial charge on any atom is -0.399 e. The average Bonchev–Trinajstić information content (AvgIpc) is 2.61. The standard InChI is InChI=1S/C12H14Cl2N2OS/c13-10-7-8(15)6-9(11(10)14)12(17)16-2-1-4-18-5-3-16/h6-7H,1-5,15H2. The number of rotatable bonds is 1. The van der Waals surface area contributed by atoms with Gasteiger partial charge in [-0.3, -0.25) is 4.79 Å². The van der Waals surface area contributed by atoms with E-state index >= 15 is 0 Å². The van der Waals surface area contributed by atoms with Crippen LogP contribution in [-0.2, 0) is 0 Å². The fraction of sp³-hybridized carbons (Fsp3) is 0.417. The van der Waals surface area contributed by atoms with Crippen molar-refractivity contribution in [3.05, 3.63) is 27.7 Å². The molecule has 1 saturated heterocycles. The number of carbonyl (C=O) groups is 1. The number of amides is 1. The van der Waals surface area contributed by atoms with Crippen molar-refractivity contribution in [1.29, 1.82) is 0 Å². The highest BCUT2D eigenvalue weighted by atomic mass is 35.5. The monoisotopic (exact) mass is 304 g/mol. The van der Waals surface area contributed by atoms with Gasteiger partial charge in [-0.15, -0.1) is 0 Å². The maximum absolute atomic E-state index is 12.4. The summed E-state index contributed by atoms with van der Waals surface area (Å²) in [7, 11) is 0. The Morgan fingerprint density at radius 2 is 2.06 bits per heavy atom. The zero-order valence-corrected chi connectivity index (χ0v) is 12.1. The summed E-state index contributed by atoms with van der Waals surface area (Å²) in [6.07, 6.45) is 1.00. The maximum Gasteiger partial charge on any atom is 0.255 e. The highest BCUT2D eigenvalue weighted by Crippen LogP contribution is 2.30. The van der Waals surface area contributed by atoms with Crippen molar-refractivity contribution in [1.82, 2.24) is 4.90 Å². The molecule has 0 radical (unpaired) electrons. The second-order valence-corrected chi connectivity index (χ2v) is 6.13. The van der Waals surface area contributed by atoms with Crippen molar-refractivity contribution in [2.45, 2.75) is 6.42 Å². The first-order valence-electron chi connectivity index (χ1n) is 5.71.